The number of rotatable bonds is 3. The van der Waals surface area contributed by atoms with Gasteiger partial charge in [0.2, 0.25) is 0 Å². The summed E-state index contributed by atoms with van der Waals surface area (Å²) < 4.78 is 33.4. The fraction of sp³-hybridized carbons (Fsp3) is 0.250. The summed E-state index contributed by atoms with van der Waals surface area (Å²) in [7, 11) is -4.37. The van der Waals surface area contributed by atoms with Crippen LogP contribution in [0.1, 0.15) is 18.6 Å². The molecule has 72 valence electrons. The van der Waals surface area contributed by atoms with Crippen LogP contribution in [0.15, 0.2) is 30.3 Å². The molecule has 0 aliphatic carbocycles. The Morgan fingerprint density at radius 2 is 1.85 bits per heavy atom. The lowest BCUT2D eigenvalue weighted by Crippen LogP contribution is -2.07. The van der Waals surface area contributed by atoms with Crippen molar-refractivity contribution in [3.8, 4) is 0 Å². The summed E-state index contributed by atoms with van der Waals surface area (Å²) in [6.45, 7) is 1.54. The first-order valence-corrected chi connectivity index (χ1v) is 5.06. The fourth-order valence-corrected chi connectivity index (χ4v) is 1.44. The third-order valence-corrected chi connectivity index (χ3v) is 2.07. The van der Waals surface area contributed by atoms with E-state index < -0.39 is 16.5 Å². The first-order chi connectivity index (χ1) is 5.99. The number of hydrogen-bond acceptors (Lipinski definition) is 3. The summed E-state index contributed by atoms with van der Waals surface area (Å²) in [6.07, 6.45) is -0.670. The van der Waals surface area contributed by atoms with Gasteiger partial charge in [0.15, 0.2) is 0 Å². The van der Waals surface area contributed by atoms with Gasteiger partial charge in [0.1, 0.15) is 6.10 Å². The van der Waals surface area contributed by atoms with Crippen LogP contribution in [0.4, 0.5) is 0 Å². The van der Waals surface area contributed by atoms with Crippen LogP contribution in [0.2, 0.25) is 0 Å². The van der Waals surface area contributed by atoms with E-state index in [4.69, 9.17) is 4.55 Å². The molecule has 0 saturated heterocycles. The summed E-state index contributed by atoms with van der Waals surface area (Å²) in [4.78, 5) is 0. The van der Waals surface area contributed by atoms with Gasteiger partial charge < -0.3 is 0 Å². The smallest absolute Gasteiger partial charge is 0.264 e. The van der Waals surface area contributed by atoms with Crippen LogP contribution in [0.25, 0.3) is 0 Å². The zero-order chi connectivity index (χ0) is 9.90. The maximum Gasteiger partial charge on any atom is 0.397 e. The molecule has 0 amide bonds. The summed E-state index contributed by atoms with van der Waals surface area (Å²) in [5.41, 5.74) is 0.695. The van der Waals surface area contributed by atoms with Gasteiger partial charge in [-0.1, -0.05) is 30.3 Å². The Kier molecular flexibility index (Phi) is 3.02. The Morgan fingerprint density at radius 3 is 2.31 bits per heavy atom. The summed E-state index contributed by atoms with van der Waals surface area (Å²) in [5.74, 6) is 0. The first kappa shape index (κ1) is 10.2. The molecule has 1 rings (SSSR count). The van der Waals surface area contributed by atoms with Gasteiger partial charge in [0, 0.05) is 0 Å². The molecule has 0 heterocycles. The van der Waals surface area contributed by atoms with Crippen molar-refractivity contribution < 1.29 is 17.2 Å². The summed E-state index contributed by atoms with van der Waals surface area (Å²) >= 11 is 0. The zero-order valence-corrected chi connectivity index (χ0v) is 7.86. The van der Waals surface area contributed by atoms with E-state index in [1.165, 1.54) is 0 Å². The number of hydrogen-bond donors (Lipinski definition) is 1. The SMILES string of the molecule is C[C@H](OS(=O)(=O)O)c1ccccc1. The van der Waals surface area contributed by atoms with Crippen LogP contribution >= 0.6 is 0 Å². The quantitative estimate of drug-likeness (QED) is 0.755. The van der Waals surface area contributed by atoms with Crippen molar-refractivity contribution in [3.05, 3.63) is 35.9 Å². The van der Waals surface area contributed by atoms with Crippen molar-refractivity contribution in [2.24, 2.45) is 0 Å². The molecule has 1 atom stereocenters. The van der Waals surface area contributed by atoms with Crippen LogP contribution in [0, 0.1) is 0 Å². The van der Waals surface area contributed by atoms with Crippen LogP contribution in [-0.2, 0) is 14.6 Å². The highest BCUT2D eigenvalue weighted by molar-refractivity contribution is 7.80. The monoisotopic (exact) mass is 202 g/mol. The Morgan fingerprint density at radius 1 is 1.31 bits per heavy atom. The molecule has 0 spiro atoms. The largest absolute Gasteiger partial charge is 0.397 e. The Hall–Kier alpha value is -0.910. The molecule has 0 fully saturated rings. The standard InChI is InChI=1S/C8H10O4S/c1-7(12-13(9,10)11)8-5-3-2-4-6-8/h2-7H,1H3,(H,9,10,11)/t7-/m0/s1. The van der Waals surface area contributed by atoms with Gasteiger partial charge in [0.25, 0.3) is 0 Å². The highest BCUT2D eigenvalue weighted by Crippen LogP contribution is 2.17. The highest BCUT2D eigenvalue weighted by atomic mass is 32.3. The molecule has 1 aromatic carbocycles. The topological polar surface area (TPSA) is 63.6 Å². The van der Waals surface area contributed by atoms with Gasteiger partial charge in [-0.15, -0.1) is 0 Å². The molecular weight excluding hydrogens is 192 g/mol. The average Bonchev–Trinajstić information content (AvgIpc) is 2.03. The third-order valence-electron chi connectivity index (χ3n) is 1.53. The van der Waals surface area contributed by atoms with Crippen molar-refractivity contribution in [1.29, 1.82) is 0 Å². The predicted octanol–water partition coefficient (Wildman–Crippen LogP) is 1.57. The molecule has 1 aromatic rings. The minimum atomic E-state index is -4.37. The lowest BCUT2D eigenvalue weighted by atomic mass is 10.1. The van der Waals surface area contributed by atoms with Gasteiger partial charge in [-0.3, -0.25) is 4.55 Å². The van der Waals surface area contributed by atoms with Crippen LogP contribution in [0.5, 0.6) is 0 Å². The highest BCUT2D eigenvalue weighted by Gasteiger charge is 2.13. The second-order valence-corrected chi connectivity index (χ2v) is 3.62. The van der Waals surface area contributed by atoms with E-state index in [0.717, 1.165) is 0 Å². The molecule has 0 saturated carbocycles. The summed E-state index contributed by atoms with van der Waals surface area (Å²) in [6, 6.07) is 8.77. The molecule has 0 bridgehead atoms. The molecule has 0 aliphatic heterocycles. The van der Waals surface area contributed by atoms with E-state index in [-0.39, 0.29) is 0 Å². The molecule has 4 nitrogen and oxygen atoms in total. The van der Waals surface area contributed by atoms with Gasteiger partial charge in [-0.25, -0.2) is 4.18 Å². The minimum Gasteiger partial charge on any atom is -0.264 e. The normalized spacial score (nSPS) is 14.0. The van der Waals surface area contributed by atoms with Gasteiger partial charge in [0.05, 0.1) is 0 Å². The third kappa shape index (κ3) is 3.54. The lowest BCUT2D eigenvalue weighted by molar-refractivity contribution is 0.201. The minimum absolute atomic E-state index is 0.670. The molecule has 0 unspecified atom stereocenters. The van der Waals surface area contributed by atoms with Gasteiger partial charge in [-0.2, -0.15) is 8.42 Å². The van der Waals surface area contributed by atoms with Crippen molar-refractivity contribution in [3.63, 3.8) is 0 Å². The van der Waals surface area contributed by atoms with Crippen molar-refractivity contribution >= 4 is 10.4 Å². The Balaban J connectivity index is 2.76. The van der Waals surface area contributed by atoms with E-state index in [1.54, 1.807) is 31.2 Å². The molecule has 0 radical (unpaired) electrons. The molecular formula is C8H10O4S. The maximum absolute atomic E-state index is 10.3. The molecule has 0 aromatic heterocycles. The van der Waals surface area contributed by atoms with Crippen LogP contribution in [0.3, 0.4) is 0 Å². The second-order valence-electron chi connectivity index (χ2n) is 2.58. The molecule has 1 N–H and O–H groups in total. The van der Waals surface area contributed by atoms with E-state index in [1.807, 2.05) is 6.07 Å². The Bertz CT molecular complexity index is 357. The van der Waals surface area contributed by atoms with E-state index >= 15 is 0 Å². The van der Waals surface area contributed by atoms with E-state index in [2.05, 4.69) is 4.18 Å². The molecule has 13 heavy (non-hydrogen) atoms. The second kappa shape index (κ2) is 3.87. The van der Waals surface area contributed by atoms with E-state index in [9.17, 15) is 8.42 Å². The summed E-state index contributed by atoms with van der Waals surface area (Å²) in [5, 5.41) is 0. The predicted molar refractivity (Wildman–Crippen MR) is 47.5 cm³/mol. The van der Waals surface area contributed by atoms with Crippen molar-refractivity contribution in [1.82, 2.24) is 0 Å². The average molecular weight is 202 g/mol. The van der Waals surface area contributed by atoms with Crippen LogP contribution < -0.4 is 0 Å². The first-order valence-electron chi connectivity index (χ1n) is 3.69. The molecule has 0 aliphatic rings. The van der Waals surface area contributed by atoms with E-state index in [0.29, 0.717) is 5.56 Å². The Labute approximate surface area is 77.1 Å². The zero-order valence-electron chi connectivity index (χ0n) is 7.04. The van der Waals surface area contributed by atoms with Crippen molar-refractivity contribution in [2.45, 2.75) is 13.0 Å². The molecule has 5 heteroatoms. The fourth-order valence-electron chi connectivity index (χ4n) is 0.962. The lowest BCUT2D eigenvalue weighted by Gasteiger charge is -2.09. The maximum atomic E-state index is 10.3. The number of benzene rings is 1. The van der Waals surface area contributed by atoms with Gasteiger partial charge >= 0.3 is 10.4 Å². The van der Waals surface area contributed by atoms with Crippen LogP contribution in [-0.4, -0.2) is 13.0 Å². The van der Waals surface area contributed by atoms with Gasteiger partial charge in [-0.05, 0) is 12.5 Å². The van der Waals surface area contributed by atoms with Crippen molar-refractivity contribution in [2.75, 3.05) is 0 Å².